The van der Waals surface area contributed by atoms with Gasteiger partial charge in [-0.05, 0) is 33.3 Å². The van der Waals surface area contributed by atoms with Gasteiger partial charge in [0.15, 0.2) is 0 Å². The normalized spacial score (nSPS) is 12.5. The highest BCUT2D eigenvalue weighted by Gasteiger charge is 2.18. The number of hydrogen-bond acceptors (Lipinski definition) is 3. The highest BCUT2D eigenvalue weighted by Crippen LogP contribution is 2.26. The first-order valence-electron chi connectivity index (χ1n) is 7.33. The van der Waals surface area contributed by atoms with Gasteiger partial charge in [0.05, 0.1) is 25.5 Å². The lowest BCUT2D eigenvalue weighted by molar-refractivity contribution is 0.172. The van der Waals surface area contributed by atoms with Crippen molar-refractivity contribution in [3.05, 3.63) is 46.3 Å². The second-order valence-electron chi connectivity index (χ2n) is 5.48. The van der Waals surface area contributed by atoms with Crippen LogP contribution in [0.3, 0.4) is 0 Å². The second kappa shape index (κ2) is 6.31. The fourth-order valence-electron chi connectivity index (χ4n) is 2.74. The molecular formula is C17H24N2O2. The molecule has 4 nitrogen and oxygen atoms in total. The van der Waals surface area contributed by atoms with E-state index in [9.17, 15) is 5.11 Å². The molecule has 0 spiro atoms. The van der Waals surface area contributed by atoms with Gasteiger partial charge in [-0.25, -0.2) is 0 Å². The number of rotatable bonds is 5. The summed E-state index contributed by atoms with van der Waals surface area (Å²) in [7, 11) is 1.68. The van der Waals surface area contributed by atoms with E-state index in [1.54, 1.807) is 7.11 Å². The molecule has 0 fully saturated rings. The zero-order valence-corrected chi connectivity index (χ0v) is 13.5. The van der Waals surface area contributed by atoms with Gasteiger partial charge in [-0.15, -0.1) is 0 Å². The third-order valence-corrected chi connectivity index (χ3v) is 3.91. The monoisotopic (exact) mass is 288 g/mol. The van der Waals surface area contributed by atoms with Crippen molar-refractivity contribution in [2.45, 2.75) is 46.8 Å². The summed E-state index contributed by atoms with van der Waals surface area (Å²) >= 11 is 0. The lowest BCUT2D eigenvalue weighted by Crippen LogP contribution is -2.07. The van der Waals surface area contributed by atoms with Crippen molar-refractivity contribution < 1.29 is 9.84 Å². The lowest BCUT2D eigenvalue weighted by atomic mass is 10.1. The summed E-state index contributed by atoms with van der Waals surface area (Å²) in [5.41, 5.74) is 5.16. The van der Waals surface area contributed by atoms with Gasteiger partial charge in [-0.2, -0.15) is 5.10 Å². The first-order chi connectivity index (χ1) is 9.97. The van der Waals surface area contributed by atoms with Crippen LogP contribution in [0.1, 0.15) is 47.5 Å². The third kappa shape index (κ3) is 3.10. The summed E-state index contributed by atoms with van der Waals surface area (Å²) in [6.07, 6.45) is 0.249. The molecule has 4 heteroatoms. The number of nitrogens with zero attached hydrogens (tertiary/aromatic N) is 2. The molecular weight excluding hydrogens is 264 g/mol. The van der Waals surface area contributed by atoms with Gasteiger partial charge < -0.3 is 9.84 Å². The van der Waals surface area contributed by atoms with E-state index >= 15 is 0 Å². The van der Waals surface area contributed by atoms with Crippen LogP contribution in [0, 0.1) is 20.8 Å². The fraction of sp³-hybridized carbons (Fsp3) is 0.471. The maximum atomic E-state index is 10.1. The molecule has 1 N–H and O–H groups in total. The van der Waals surface area contributed by atoms with Gasteiger partial charge >= 0.3 is 0 Å². The molecule has 0 bridgehead atoms. The predicted octanol–water partition coefficient (Wildman–Crippen LogP) is 3.31. The number of hydrogen-bond donors (Lipinski definition) is 1. The molecule has 21 heavy (non-hydrogen) atoms. The standard InChI is InChI=1S/C17H24N2O2/c1-6-15(20)17-12(3)18-19(13(17)4)10-14-9-11(2)7-8-16(14)21-5/h7-9,15,20H,6,10H2,1-5H3. The van der Waals surface area contributed by atoms with Gasteiger partial charge in [0.1, 0.15) is 5.75 Å². The van der Waals surface area contributed by atoms with E-state index in [0.717, 1.165) is 28.3 Å². The molecule has 2 aromatic rings. The van der Waals surface area contributed by atoms with Crippen LogP contribution in [0.2, 0.25) is 0 Å². The molecule has 0 aliphatic carbocycles. The van der Waals surface area contributed by atoms with Crippen LogP contribution in [0.4, 0.5) is 0 Å². The lowest BCUT2D eigenvalue weighted by Gasteiger charge is -2.12. The maximum absolute atomic E-state index is 10.1. The smallest absolute Gasteiger partial charge is 0.123 e. The summed E-state index contributed by atoms with van der Waals surface area (Å²) in [5, 5.41) is 14.7. The molecule has 0 aliphatic heterocycles. The van der Waals surface area contributed by atoms with Crippen molar-refractivity contribution in [3.8, 4) is 5.75 Å². The Hall–Kier alpha value is -1.81. The number of aryl methyl sites for hydroxylation is 2. The van der Waals surface area contributed by atoms with Crippen molar-refractivity contribution in [3.63, 3.8) is 0 Å². The fourth-order valence-corrected chi connectivity index (χ4v) is 2.74. The van der Waals surface area contributed by atoms with Crippen molar-refractivity contribution in [1.82, 2.24) is 9.78 Å². The van der Waals surface area contributed by atoms with E-state index < -0.39 is 6.10 Å². The minimum atomic E-state index is -0.446. The zero-order valence-electron chi connectivity index (χ0n) is 13.5. The first kappa shape index (κ1) is 15.6. The van der Waals surface area contributed by atoms with Crippen LogP contribution < -0.4 is 4.74 Å². The maximum Gasteiger partial charge on any atom is 0.123 e. The Balaban J connectivity index is 2.39. The average Bonchev–Trinajstić information content (AvgIpc) is 2.73. The minimum absolute atomic E-state index is 0.446. The summed E-state index contributed by atoms with van der Waals surface area (Å²) in [5.74, 6) is 0.866. The number of methoxy groups -OCH3 is 1. The number of aliphatic hydroxyl groups is 1. The van der Waals surface area contributed by atoms with Crippen LogP contribution >= 0.6 is 0 Å². The average molecular weight is 288 g/mol. The first-order valence-corrected chi connectivity index (χ1v) is 7.33. The van der Waals surface area contributed by atoms with E-state index in [1.807, 2.05) is 37.6 Å². The van der Waals surface area contributed by atoms with Gasteiger partial charge in [-0.1, -0.05) is 24.6 Å². The number of aliphatic hydroxyl groups excluding tert-OH is 1. The van der Waals surface area contributed by atoms with Crippen molar-refractivity contribution in [1.29, 1.82) is 0 Å². The van der Waals surface area contributed by atoms with E-state index in [0.29, 0.717) is 13.0 Å². The van der Waals surface area contributed by atoms with Crippen LogP contribution in [-0.2, 0) is 6.54 Å². The summed E-state index contributed by atoms with van der Waals surface area (Å²) in [6, 6.07) is 6.14. The summed E-state index contributed by atoms with van der Waals surface area (Å²) in [6.45, 7) is 8.65. The molecule has 0 aliphatic rings. The molecule has 1 aromatic carbocycles. The molecule has 0 amide bonds. The quantitative estimate of drug-likeness (QED) is 0.918. The van der Waals surface area contributed by atoms with Crippen molar-refractivity contribution >= 4 is 0 Å². The van der Waals surface area contributed by atoms with Crippen LogP contribution in [0.15, 0.2) is 18.2 Å². The van der Waals surface area contributed by atoms with Gasteiger partial charge in [0.25, 0.3) is 0 Å². The van der Waals surface area contributed by atoms with E-state index in [4.69, 9.17) is 4.74 Å². The molecule has 0 saturated heterocycles. The number of aromatic nitrogens is 2. The molecule has 114 valence electrons. The Morgan fingerprint density at radius 1 is 1.29 bits per heavy atom. The van der Waals surface area contributed by atoms with Gasteiger partial charge in [0, 0.05) is 16.8 Å². The Morgan fingerprint density at radius 2 is 2.00 bits per heavy atom. The number of ether oxygens (including phenoxy) is 1. The van der Waals surface area contributed by atoms with Gasteiger partial charge in [0.2, 0.25) is 0 Å². The SMILES string of the molecule is CCC(O)c1c(C)nn(Cc2cc(C)ccc2OC)c1C. The highest BCUT2D eigenvalue weighted by molar-refractivity contribution is 5.37. The Labute approximate surface area is 126 Å². The Morgan fingerprint density at radius 3 is 2.62 bits per heavy atom. The Kier molecular flexibility index (Phi) is 4.68. The van der Waals surface area contributed by atoms with Crippen LogP contribution in [0.5, 0.6) is 5.75 Å². The molecule has 1 atom stereocenters. The van der Waals surface area contributed by atoms with Crippen molar-refractivity contribution in [2.75, 3.05) is 7.11 Å². The molecule has 2 rings (SSSR count). The van der Waals surface area contributed by atoms with E-state index in [2.05, 4.69) is 18.1 Å². The molecule has 1 heterocycles. The Bertz CT molecular complexity index is 632. The minimum Gasteiger partial charge on any atom is -0.496 e. The third-order valence-electron chi connectivity index (χ3n) is 3.91. The van der Waals surface area contributed by atoms with E-state index in [-0.39, 0.29) is 0 Å². The number of benzene rings is 1. The summed E-state index contributed by atoms with van der Waals surface area (Å²) < 4.78 is 7.37. The molecule has 0 saturated carbocycles. The summed E-state index contributed by atoms with van der Waals surface area (Å²) in [4.78, 5) is 0. The predicted molar refractivity (Wildman–Crippen MR) is 83.8 cm³/mol. The molecule has 1 unspecified atom stereocenters. The van der Waals surface area contributed by atoms with E-state index in [1.165, 1.54) is 5.56 Å². The highest BCUT2D eigenvalue weighted by atomic mass is 16.5. The van der Waals surface area contributed by atoms with Crippen LogP contribution in [0.25, 0.3) is 0 Å². The van der Waals surface area contributed by atoms with Crippen LogP contribution in [-0.4, -0.2) is 22.0 Å². The topological polar surface area (TPSA) is 47.3 Å². The molecule has 0 radical (unpaired) electrons. The zero-order chi connectivity index (χ0) is 15.6. The van der Waals surface area contributed by atoms with Gasteiger partial charge in [-0.3, -0.25) is 4.68 Å². The largest absolute Gasteiger partial charge is 0.496 e. The van der Waals surface area contributed by atoms with Crippen molar-refractivity contribution in [2.24, 2.45) is 0 Å². The second-order valence-corrected chi connectivity index (χ2v) is 5.48. The molecule has 1 aromatic heterocycles.